The molecule has 0 unspecified atom stereocenters. The molecule has 0 aliphatic carbocycles. The molecule has 0 saturated heterocycles. The van der Waals surface area contributed by atoms with Gasteiger partial charge in [0.15, 0.2) is 11.5 Å². The number of aromatic nitrogens is 2. The molecule has 0 saturated carbocycles. The van der Waals surface area contributed by atoms with Crippen molar-refractivity contribution in [3.05, 3.63) is 50.2 Å². The lowest BCUT2D eigenvalue weighted by atomic mass is 10.2. The Bertz CT molecular complexity index is 911. The lowest BCUT2D eigenvalue weighted by Crippen LogP contribution is -2.38. The molecule has 8 nitrogen and oxygen atoms in total. The molecule has 23 heavy (non-hydrogen) atoms. The van der Waals surface area contributed by atoms with Crippen molar-refractivity contribution in [1.29, 1.82) is 0 Å². The van der Waals surface area contributed by atoms with Crippen LogP contribution in [0.5, 0.6) is 17.4 Å². The third-order valence-corrected chi connectivity index (χ3v) is 3.60. The number of ether oxygens (including phenoxy) is 2. The van der Waals surface area contributed by atoms with Crippen molar-refractivity contribution in [2.24, 2.45) is 19.1 Å². The molecule has 0 amide bonds. The largest absolute Gasteiger partial charge is 0.494 e. The van der Waals surface area contributed by atoms with Crippen LogP contribution in [0, 0.1) is 0 Å². The second-order valence-electron chi connectivity index (χ2n) is 5.10. The van der Waals surface area contributed by atoms with E-state index in [0.29, 0.717) is 18.0 Å². The lowest BCUT2D eigenvalue weighted by Gasteiger charge is -2.07. The summed E-state index contributed by atoms with van der Waals surface area (Å²) in [6, 6.07) is 5.43. The molecule has 1 aliphatic rings. The predicted octanol–water partition coefficient (Wildman–Crippen LogP) is 0.137. The minimum absolute atomic E-state index is 0.0321. The zero-order valence-electron chi connectivity index (χ0n) is 12.6. The molecule has 1 aromatic heterocycles. The number of aromatic hydroxyl groups is 1. The van der Waals surface area contributed by atoms with Crippen LogP contribution >= 0.6 is 0 Å². The summed E-state index contributed by atoms with van der Waals surface area (Å²) in [6.07, 6.45) is 1.27. The Morgan fingerprint density at radius 3 is 2.74 bits per heavy atom. The average Bonchev–Trinajstić information content (AvgIpc) is 3.02. The van der Waals surface area contributed by atoms with Crippen molar-refractivity contribution in [2.45, 2.75) is 6.54 Å². The van der Waals surface area contributed by atoms with Gasteiger partial charge in [0, 0.05) is 20.3 Å². The van der Waals surface area contributed by atoms with Gasteiger partial charge in [-0.25, -0.2) is 4.79 Å². The third-order valence-electron chi connectivity index (χ3n) is 3.60. The van der Waals surface area contributed by atoms with Gasteiger partial charge in [0.1, 0.15) is 5.56 Å². The van der Waals surface area contributed by atoms with Crippen LogP contribution in [0.15, 0.2) is 32.8 Å². The molecule has 0 radical (unpaired) electrons. The van der Waals surface area contributed by atoms with Crippen molar-refractivity contribution < 1.29 is 14.6 Å². The van der Waals surface area contributed by atoms with E-state index in [4.69, 9.17) is 9.47 Å². The van der Waals surface area contributed by atoms with Crippen molar-refractivity contribution in [3.63, 3.8) is 0 Å². The number of hydrogen-bond donors (Lipinski definition) is 1. The van der Waals surface area contributed by atoms with E-state index in [2.05, 4.69) is 4.99 Å². The zero-order chi connectivity index (χ0) is 16.6. The normalized spacial score (nSPS) is 13.0. The Kier molecular flexibility index (Phi) is 3.65. The van der Waals surface area contributed by atoms with Gasteiger partial charge in [-0.1, -0.05) is 6.07 Å². The van der Waals surface area contributed by atoms with Gasteiger partial charge in [0.05, 0.1) is 6.54 Å². The van der Waals surface area contributed by atoms with Gasteiger partial charge in [-0.15, -0.1) is 0 Å². The van der Waals surface area contributed by atoms with Crippen LogP contribution in [-0.4, -0.2) is 27.2 Å². The van der Waals surface area contributed by atoms with E-state index in [0.717, 1.165) is 14.7 Å². The third kappa shape index (κ3) is 2.59. The fourth-order valence-electron chi connectivity index (χ4n) is 2.25. The minimum atomic E-state index is -0.597. The second-order valence-corrected chi connectivity index (χ2v) is 5.10. The molecular formula is C15H15N3O5. The molecule has 0 bridgehead atoms. The first-order valence-corrected chi connectivity index (χ1v) is 6.86. The van der Waals surface area contributed by atoms with E-state index in [-0.39, 0.29) is 12.4 Å². The number of fused-ring (bicyclic) bond motifs is 1. The molecule has 1 aliphatic heterocycles. The van der Waals surface area contributed by atoms with Crippen LogP contribution < -0.4 is 20.7 Å². The molecule has 3 rings (SSSR count). The molecule has 1 aromatic carbocycles. The van der Waals surface area contributed by atoms with Gasteiger partial charge < -0.3 is 14.6 Å². The van der Waals surface area contributed by atoms with E-state index in [1.54, 1.807) is 12.1 Å². The summed E-state index contributed by atoms with van der Waals surface area (Å²) in [7, 11) is 2.73. The highest BCUT2D eigenvalue weighted by Gasteiger charge is 2.14. The fraction of sp³-hybridized carbons (Fsp3) is 0.267. The Balaban J connectivity index is 1.87. The van der Waals surface area contributed by atoms with Crippen LogP contribution in [0.4, 0.5) is 0 Å². The first-order valence-electron chi connectivity index (χ1n) is 6.86. The quantitative estimate of drug-likeness (QED) is 0.812. The highest BCUT2D eigenvalue weighted by Crippen LogP contribution is 2.32. The molecular weight excluding hydrogens is 302 g/mol. The molecule has 2 heterocycles. The number of benzene rings is 1. The maximum absolute atomic E-state index is 12.0. The highest BCUT2D eigenvalue weighted by atomic mass is 16.7. The van der Waals surface area contributed by atoms with Gasteiger partial charge in [-0.05, 0) is 17.7 Å². The van der Waals surface area contributed by atoms with Crippen molar-refractivity contribution >= 4 is 6.21 Å². The van der Waals surface area contributed by atoms with Crippen LogP contribution in [-0.2, 0) is 20.6 Å². The smallest absolute Gasteiger partial charge is 0.333 e. The maximum atomic E-state index is 12.0. The second kappa shape index (κ2) is 5.64. The molecule has 0 fully saturated rings. The van der Waals surface area contributed by atoms with Crippen molar-refractivity contribution in [3.8, 4) is 17.4 Å². The molecule has 2 aromatic rings. The number of rotatable bonds is 3. The lowest BCUT2D eigenvalue weighted by molar-refractivity contribution is 0.174. The molecule has 120 valence electrons. The topological polar surface area (TPSA) is 95.1 Å². The van der Waals surface area contributed by atoms with Crippen molar-refractivity contribution in [1.82, 2.24) is 9.13 Å². The van der Waals surface area contributed by atoms with E-state index in [1.807, 2.05) is 6.07 Å². The predicted molar refractivity (Wildman–Crippen MR) is 82.5 cm³/mol. The Morgan fingerprint density at radius 2 is 1.96 bits per heavy atom. The zero-order valence-corrected chi connectivity index (χ0v) is 12.6. The van der Waals surface area contributed by atoms with Crippen molar-refractivity contribution in [2.75, 3.05) is 6.79 Å². The first kappa shape index (κ1) is 14.9. The molecule has 0 atom stereocenters. The Labute approximate surface area is 130 Å². The Hall–Kier alpha value is -3.03. The minimum Gasteiger partial charge on any atom is -0.494 e. The average molecular weight is 317 g/mol. The van der Waals surface area contributed by atoms with Gasteiger partial charge in [-0.3, -0.25) is 18.9 Å². The number of aliphatic imine (C=N–C) groups is 1. The summed E-state index contributed by atoms with van der Waals surface area (Å²) in [6.45, 7) is 0.492. The number of nitrogens with zero attached hydrogens (tertiary/aromatic N) is 3. The van der Waals surface area contributed by atoms with E-state index in [1.165, 1.54) is 20.3 Å². The van der Waals surface area contributed by atoms with Gasteiger partial charge in [-0.2, -0.15) is 0 Å². The first-order chi connectivity index (χ1) is 11.0. The monoisotopic (exact) mass is 317 g/mol. The summed E-state index contributed by atoms with van der Waals surface area (Å²) in [5, 5.41) is 9.93. The van der Waals surface area contributed by atoms with Gasteiger partial charge >= 0.3 is 5.69 Å². The maximum Gasteiger partial charge on any atom is 0.333 e. The standard InChI is InChI=1S/C15H15N3O5/c1-17-13(19)10(14(20)18(2)15(17)21)7-16-6-9-3-4-11-12(5-9)23-8-22-11/h3-5,7,19H,6,8H2,1-2H3. The fourth-order valence-corrected chi connectivity index (χ4v) is 2.25. The van der Waals surface area contributed by atoms with Crippen LogP contribution in [0.2, 0.25) is 0 Å². The highest BCUT2D eigenvalue weighted by molar-refractivity contribution is 5.81. The van der Waals surface area contributed by atoms with Crippen LogP contribution in [0.25, 0.3) is 0 Å². The SMILES string of the molecule is Cn1c(O)c(C=NCc2ccc3c(c2)OCO3)c(=O)n(C)c1=O. The Morgan fingerprint density at radius 1 is 1.22 bits per heavy atom. The van der Waals surface area contributed by atoms with E-state index < -0.39 is 17.1 Å². The molecule has 8 heteroatoms. The summed E-state index contributed by atoms with van der Waals surface area (Å²) >= 11 is 0. The molecule has 1 N–H and O–H groups in total. The van der Waals surface area contributed by atoms with Crippen LogP contribution in [0.1, 0.15) is 11.1 Å². The van der Waals surface area contributed by atoms with E-state index in [9.17, 15) is 14.7 Å². The molecule has 0 spiro atoms. The van der Waals surface area contributed by atoms with Gasteiger partial charge in [0.25, 0.3) is 5.56 Å². The summed E-state index contributed by atoms with van der Waals surface area (Å²) < 4.78 is 12.4. The summed E-state index contributed by atoms with van der Waals surface area (Å²) in [4.78, 5) is 27.8. The summed E-state index contributed by atoms with van der Waals surface area (Å²) in [5.41, 5.74) is -0.359. The van der Waals surface area contributed by atoms with E-state index >= 15 is 0 Å². The summed E-state index contributed by atoms with van der Waals surface area (Å²) in [5.74, 6) is 0.924. The van der Waals surface area contributed by atoms with Gasteiger partial charge in [0.2, 0.25) is 12.7 Å². The number of hydrogen-bond acceptors (Lipinski definition) is 6. The van der Waals surface area contributed by atoms with Crippen LogP contribution in [0.3, 0.4) is 0 Å².